The van der Waals surface area contributed by atoms with E-state index in [0.717, 1.165) is 12.3 Å². The number of likely N-dealkylation sites (tertiary alicyclic amines) is 1. The topological polar surface area (TPSA) is 16.1 Å². The molecule has 0 N–H and O–H groups in total. The van der Waals surface area contributed by atoms with Crippen molar-refractivity contribution in [2.45, 2.75) is 45.6 Å². The van der Waals surface area contributed by atoms with E-state index in [1.54, 1.807) is 0 Å². The maximum absolute atomic E-state index is 4.43. The Morgan fingerprint density at radius 3 is 2.47 bits per heavy atom. The molecule has 2 rings (SSSR count). The van der Waals surface area contributed by atoms with Crippen molar-refractivity contribution >= 4 is 0 Å². The molecular weight excluding hydrogens is 208 g/mol. The van der Waals surface area contributed by atoms with Crippen LogP contribution < -0.4 is 0 Å². The van der Waals surface area contributed by atoms with Gasteiger partial charge in [0.1, 0.15) is 0 Å². The molecule has 1 aromatic heterocycles. The first-order chi connectivity index (χ1) is 8.05. The van der Waals surface area contributed by atoms with Crippen LogP contribution in [0.3, 0.4) is 0 Å². The molecule has 1 aromatic rings. The van der Waals surface area contributed by atoms with Gasteiger partial charge in [0.25, 0.3) is 0 Å². The lowest BCUT2D eigenvalue weighted by Gasteiger charge is -2.40. The van der Waals surface area contributed by atoms with E-state index in [0.29, 0.717) is 5.54 Å². The average Bonchev–Trinajstić information content (AvgIpc) is 2.30. The summed E-state index contributed by atoms with van der Waals surface area (Å²) in [6, 6.07) is 6.23. The maximum Gasteiger partial charge on any atom is 0.0406 e. The molecule has 2 nitrogen and oxygen atoms in total. The Morgan fingerprint density at radius 2 is 1.94 bits per heavy atom. The zero-order valence-electron chi connectivity index (χ0n) is 11.3. The molecule has 1 aliphatic heterocycles. The normalized spacial score (nSPS) is 19.5. The first-order valence-corrected chi connectivity index (χ1v) is 6.70. The number of nitrogens with zero attached hydrogens (tertiary/aromatic N) is 2. The monoisotopic (exact) mass is 232 g/mol. The largest absolute Gasteiger partial charge is 0.298 e. The van der Waals surface area contributed by atoms with Crippen molar-refractivity contribution in [2.75, 3.05) is 13.1 Å². The van der Waals surface area contributed by atoms with Gasteiger partial charge < -0.3 is 0 Å². The fraction of sp³-hybridized carbons (Fsp3) is 0.667. The number of piperidine rings is 1. The van der Waals surface area contributed by atoms with Crippen molar-refractivity contribution < 1.29 is 0 Å². The Labute approximate surface area is 105 Å². The summed E-state index contributed by atoms with van der Waals surface area (Å²) in [6.45, 7) is 9.41. The molecule has 0 atom stereocenters. The van der Waals surface area contributed by atoms with Gasteiger partial charge in [-0.2, -0.15) is 0 Å². The molecule has 0 saturated carbocycles. The molecule has 1 saturated heterocycles. The SMILES string of the molecule is CC(C)(C)N1CCC(Cc2ccccn2)CC1. The Morgan fingerprint density at radius 1 is 1.24 bits per heavy atom. The van der Waals surface area contributed by atoms with E-state index in [1.165, 1.54) is 31.6 Å². The molecule has 94 valence electrons. The van der Waals surface area contributed by atoms with Gasteiger partial charge in [-0.15, -0.1) is 0 Å². The van der Waals surface area contributed by atoms with Crippen molar-refractivity contribution in [1.82, 2.24) is 9.88 Å². The Balaban J connectivity index is 1.84. The van der Waals surface area contributed by atoms with Gasteiger partial charge in [0.2, 0.25) is 0 Å². The third-order valence-electron chi connectivity index (χ3n) is 3.79. The van der Waals surface area contributed by atoms with Gasteiger partial charge in [-0.1, -0.05) is 6.07 Å². The molecule has 1 aliphatic rings. The molecule has 0 unspecified atom stereocenters. The van der Waals surface area contributed by atoms with E-state index in [2.05, 4.69) is 42.8 Å². The number of aromatic nitrogens is 1. The van der Waals surface area contributed by atoms with Crippen LogP contribution in [0.25, 0.3) is 0 Å². The highest BCUT2D eigenvalue weighted by Crippen LogP contribution is 2.25. The van der Waals surface area contributed by atoms with E-state index in [1.807, 2.05) is 12.3 Å². The number of pyridine rings is 1. The highest BCUT2D eigenvalue weighted by Gasteiger charge is 2.26. The van der Waals surface area contributed by atoms with Crippen LogP contribution in [0, 0.1) is 5.92 Å². The van der Waals surface area contributed by atoms with Crippen LogP contribution >= 0.6 is 0 Å². The summed E-state index contributed by atoms with van der Waals surface area (Å²) < 4.78 is 0. The molecule has 0 aliphatic carbocycles. The lowest BCUT2D eigenvalue weighted by molar-refractivity contribution is 0.0874. The van der Waals surface area contributed by atoms with Crippen LogP contribution in [-0.4, -0.2) is 28.5 Å². The Bertz CT molecular complexity index is 332. The van der Waals surface area contributed by atoms with Crippen molar-refractivity contribution in [1.29, 1.82) is 0 Å². The summed E-state index contributed by atoms with van der Waals surface area (Å²) in [5, 5.41) is 0. The van der Waals surface area contributed by atoms with Gasteiger partial charge in [0.15, 0.2) is 0 Å². The Hall–Kier alpha value is -0.890. The van der Waals surface area contributed by atoms with E-state index in [4.69, 9.17) is 0 Å². The smallest absolute Gasteiger partial charge is 0.0406 e. The lowest BCUT2D eigenvalue weighted by atomic mass is 9.89. The molecule has 0 bridgehead atoms. The second-order valence-electron chi connectivity index (χ2n) is 6.13. The summed E-state index contributed by atoms with van der Waals surface area (Å²) in [4.78, 5) is 7.03. The quantitative estimate of drug-likeness (QED) is 0.779. The van der Waals surface area contributed by atoms with Crippen molar-refractivity contribution in [3.63, 3.8) is 0 Å². The molecule has 0 aromatic carbocycles. The van der Waals surface area contributed by atoms with Crippen molar-refractivity contribution in [2.24, 2.45) is 5.92 Å². The molecule has 0 spiro atoms. The van der Waals surface area contributed by atoms with Gasteiger partial charge in [0.05, 0.1) is 0 Å². The summed E-state index contributed by atoms with van der Waals surface area (Å²) in [5.74, 6) is 0.823. The molecule has 2 heteroatoms. The molecule has 17 heavy (non-hydrogen) atoms. The summed E-state index contributed by atoms with van der Waals surface area (Å²) in [7, 11) is 0. The van der Waals surface area contributed by atoms with Gasteiger partial charge in [-0.3, -0.25) is 9.88 Å². The third-order valence-corrected chi connectivity index (χ3v) is 3.79. The Kier molecular flexibility index (Phi) is 3.82. The van der Waals surface area contributed by atoms with Crippen LogP contribution in [0.5, 0.6) is 0 Å². The molecule has 0 amide bonds. The third kappa shape index (κ3) is 3.53. The minimum atomic E-state index is 0.329. The fourth-order valence-electron chi connectivity index (χ4n) is 2.62. The first-order valence-electron chi connectivity index (χ1n) is 6.70. The van der Waals surface area contributed by atoms with Gasteiger partial charge in [-0.25, -0.2) is 0 Å². The number of hydrogen-bond donors (Lipinski definition) is 0. The van der Waals surface area contributed by atoms with Crippen LogP contribution in [0.1, 0.15) is 39.3 Å². The molecular formula is C15H24N2. The van der Waals surface area contributed by atoms with Crippen molar-refractivity contribution in [3.05, 3.63) is 30.1 Å². The van der Waals surface area contributed by atoms with Crippen molar-refractivity contribution in [3.8, 4) is 0 Å². The van der Waals surface area contributed by atoms with E-state index in [9.17, 15) is 0 Å². The summed E-state index contributed by atoms with van der Waals surface area (Å²) in [6.07, 6.45) is 5.68. The van der Waals surface area contributed by atoms with Crippen LogP contribution in [0.15, 0.2) is 24.4 Å². The number of rotatable bonds is 2. The highest BCUT2D eigenvalue weighted by atomic mass is 15.2. The maximum atomic E-state index is 4.43. The van der Waals surface area contributed by atoms with E-state index in [-0.39, 0.29) is 0 Å². The fourth-order valence-corrected chi connectivity index (χ4v) is 2.62. The van der Waals surface area contributed by atoms with E-state index < -0.39 is 0 Å². The first kappa shape index (κ1) is 12.6. The predicted octanol–water partition coefficient (Wildman–Crippen LogP) is 3.13. The highest BCUT2D eigenvalue weighted by molar-refractivity contribution is 5.04. The van der Waals surface area contributed by atoms with Gasteiger partial charge >= 0.3 is 0 Å². The lowest BCUT2D eigenvalue weighted by Crippen LogP contribution is -2.46. The minimum Gasteiger partial charge on any atom is -0.298 e. The zero-order valence-corrected chi connectivity index (χ0v) is 11.3. The number of hydrogen-bond acceptors (Lipinski definition) is 2. The summed E-state index contributed by atoms with van der Waals surface area (Å²) >= 11 is 0. The second kappa shape index (κ2) is 5.18. The second-order valence-corrected chi connectivity index (χ2v) is 6.13. The summed E-state index contributed by atoms with van der Waals surface area (Å²) in [5.41, 5.74) is 1.58. The average molecular weight is 232 g/mol. The van der Waals surface area contributed by atoms with Crippen LogP contribution in [0.4, 0.5) is 0 Å². The standard InChI is InChI=1S/C15H24N2/c1-15(2,3)17-10-7-13(8-11-17)12-14-6-4-5-9-16-14/h4-6,9,13H,7-8,10-12H2,1-3H3. The molecule has 2 heterocycles. The zero-order chi connectivity index (χ0) is 12.3. The van der Waals surface area contributed by atoms with Gasteiger partial charge in [-0.05, 0) is 71.2 Å². The van der Waals surface area contributed by atoms with E-state index >= 15 is 0 Å². The molecule has 1 fully saturated rings. The minimum absolute atomic E-state index is 0.329. The molecule has 0 radical (unpaired) electrons. The predicted molar refractivity (Wildman–Crippen MR) is 72.0 cm³/mol. The van der Waals surface area contributed by atoms with Gasteiger partial charge in [0, 0.05) is 17.4 Å². The van der Waals surface area contributed by atoms with Crippen LogP contribution in [0.2, 0.25) is 0 Å². The van der Waals surface area contributed by atoms with Crippen LogP contribution in [-0.2, 0) is 6.42 Å².